The average Bonchev–Trinajstić information content (AvgIpc) is 2.69. The summed E-state index contributed by atoms with van der Waals surface area (Å²) in [5.41, 5.74) is 5.50. The minimum atomic E-state index is 0.250. The van der Waals surface area contributed by atoms with Crippen LogP contribution in [0.4, 0.5) is 0 Å². The van der Waals surface area contributed by atoms with Crippen LogP contribution in [0.1, 0.15) is 18.7 Å². The number of nitrogens with zero attached hydrogens (tertiary/aromatic N) is 2. The van der Waals surface area contributed by atoms with E-state index in [4.69, 9.17) is 10.9 Å². The van der Waals surface area contributed by atoms with E-state index in [0.717, 1.165) is 6.54 Å². The summed E-state index contributed by atoms with van der Waals surface area (Å²) in [7, 11) is 0. The predicted molar refractivity (Wildman–Crippen MR) is 63.3 cm³/mol. The van der Waals surface area contributed by atoms with Crippen LogP contribution in [0, 0.1) is 0 Å². The minimum Gasteiger partial charge on any atom is -0.409 e. The molecule has 0 atom stereocenters. The van der Waals surface area contributed by atoms with Crippen molar-refractivity contribution in [2.24, 2.45) is 10.9 Å². The zero-order chi connectivity index (χ0) is 11.3. The Balaban J connectivity index is 2.59. The molecule has 1 rings (SSSR count). The van der Waals surface area contributed by atoms with Crippen molar-refractivity contribution in [2.45, 2.75) is 26.4 Å². The van der Waals surface area contributed by atoms with Gasteiger partial charge in [-0.25, -0.2) is 0 Å². The van der Waals surface area contributed by atoms with E-state index in [9.17, 15) is 0 Å². The second-order valence-corrected chi connectivity index (χ2v) is 4.70. The number of thiophene rings is 1. The maximum atomic E-state index is 8.53. The first kappa shape index (κ1) is 12.0. The van der Waals surface area contributed by atoms with E-state index < -0.39 is 0 Å². The molecule has 0 saturated heterocycles. The molecule has 0 saturated carbocycles. The number of amidine groups is 1. The molecular weight excluding hydrogens is 210 g/mol. The van der Waals surface area contributed by atoms with E-state index in [1.165, 1.54) is 4.88 Å². The first-order valence-electron chi connectivity index (χ1n) is 4.86. The Morgan fingerprint density at radius 3 is 2.87 bits per heavy atom. The van der Waals surface area contributed by atoms with Gasteiger partial charge < -0.3 is 10.9 Å². The molecule has 5 heteroatoms. The Labute approximate surface area is 94.0 Å². The zero-order valence-corrected chi connectivity index (χ0v) is 9.87. The van der Waals surface area contributed by atoms with Crippen LogP contribution in [0.3, 0.4) is 0 Å². The summed E-state index contributed by atoms with van der Waals surface area (Å²) in [5.74, 6) is 0.250. The van der Waals surface area contributed by atoms with Crippen molar-refractivity contribution < 1.29 is 5.21 Å². The molecule has 1 heterocycles. The highest BCUT2D eigenvalue weighted by Crippen LogP contribution is 2.13. The van der Waals surface area contributed by atoms with Crippen LogP contribution in [0.2, 0.25) is 0 Å². The third-order valence-electron chi connectivity index (χ3n) is 2.16. The maximum Gasteiger partial charge on any atom is 0.153 e. The summed E-state index contributed by atoms with van der Waals surface area (Å²) in [6, 6.07) is 4.49. The Kier molecular flexibility index (Phi) is 4.58. The zero-order valence-electron chi connectivity index (χ0n) is 9.05. The summed E-state index contributed by atoms with van der Waals surface area (Å²) in [5, 5.41) is 13.6. The van der Waals surface area contributed by atoms with Gasteiger partial charge in [0, 0.05) is 17.5 Å². The van der Waals surface area contributed by atoms with E-state index in [1.807, 2.05) is 6.07 Å². The Morgan fingerprint density at radius 1 is 1.67 bits per heavy atom. The second-order valence-electron chi connectivity index (χ2n) is 3.67. The SMILES string of the molecule is CC(C)N(C/C(N)=N/O)Cc1cccs1. The molecular formula is C10H17N3OS. The van der Waals surface area contributed by atoms with Crippen LogP contribution < -0.4 is 5.73 Å². The Hall–Kier alpha value is -1.07. The topological polar surface area (TPSA) is 61.8 Å². The van der Waals surface area contributed by atoms with Crippen molar-refractivity contribution in [3.8, 4) is 0 Å². The molecule has 3 N–H and O–H groups in total. The highest BCUT2D eigenvalue weighted by Gasteiger charge is 2.12. The lowest BCUT2D eigenvalue weighted by molar-refractivity contribution is 0.240. The fourth-order valence-electron chi connectivity index (χ4n) is 1.26. The highest BCUT2D eigenvalue weighted by atomic mass is 32.1. The van der Waals surface area contributed by atoms with Crippen molar-refractivity contribution >= 4 is 17.2 Å². The lowest BCUT2D eigenvalue weighted by atomic mass is 10.3. The first-order chi connectivity index (χ1) is 7.13. The Morgan fingerprint density at radius 2 is 2.40 bits per heavy atom. The van der Waals surface area contributed by atoms with Gasteiger partial charge in [-0.05, 0) is 25.3 Å². The van der Waals surface area contributed by atoms with Crippen LogP contribution in [-0.2, 0) is 6.54 Å². The third kappa shape index (κ3) is 3.89. The van der Waals surface area contributed by atoms with Crippen molar-refractivity contribution in [3.63, 3.8) is 0 Å². The minimum absolute atomic E-state index is 0.250. The van der Waals surface area contributed by atoms with Crippen LogP contribution in [0.5, 0.6) is 0 Å². The van der Waals surface area contributed by atoms with Gasteiger partial charge in [0.2, 0.25) is 0 Å². The van der Waals surface area contributed by atoms with E-state index >= 15 is 0 Å². The summed E-state index contributed by atoms with van der Waals surface area (Å²) < 4.78 is 0. The van der Waals surface area contributed by atoms with Gasteiger partial charge in [-0.3, -0.25) is 4.90 Å². The summed E-state index contributed by atoms with van der Waals surface area (Å²) in [4.78, 5) is 3.44. The van der Waals surface area contributed by atoms with Crippen molar-refractivity contribution in [1.82, 2.24) is 4.90 Å². The molecule has 0 amide bonds. The van der Waals surface area contributed by atoms with Crippen LogP contribution in [0.25, 0.3) is 0 Å². The molecule has 84 valence electrons. The van der Waals surface area contributed by atoms with Gasteiger partial charge in [-0.15, -0.1) is 11.3 Å². The van der Waals surface area contributed by atoms with Crippen molar-refractivity contribution in [2.75, 3.05) is 6.54 Å². The smallest absolute Gasteiger partial charge is 0.153 e. The average molecular weight is 227 g/mol. The Bertz CT molecular complexity index is 308. The first-order valence-corrected chi connectivity index (χ1v) is 5.74. The monoisotopic (exact) mass is 227 g/mol. The molecule has 1 aromatic heterocycles. The van der Waals surface area contributed by atoms with Gasteiger partial charge in [-0.2, -0.15) is 0 Å². The molecule has 1 aromatic rings. The molecule has 0 radical (unpaired) electrons. The van der Waals surface area contributed by atoms with Crippen LogP contribution in [-0.4, -0.2) is 28.5 Å². The molecule has 0 fully saturated rings. The van der Waals surface area contributed by atoms with Gasteiger partial charge in [0.25, 0.3) is 0 Å². The van der Waals surface area contributed by atoms with Gasteiger partial charge >= 0.3 is 0 Å². The van der Waals surface area contributed by atoms with E-state index in [2.05, 4.69) is 35.3 Å². The molecule has 0 unspecified atom stereocenters. The van der Waals surface area contributed by atoms with E-state index in [0.29, 0.717) is 12.6 Å². The third-order valence-corrected chi connectivity index (χ3v) is 3.02. The number of hydrogen-bond donors (Lipinski definition) is 2. The van der Waals surface area contributed by atoms with E-state index in [-0.39, 0.29) is 5.84 Å². The molecule has 0 spiro atoms. The maximum absolute atomic E-state index is 8.53. The number of nitrogens with two attached hydrogens (primary N) is 1. The summed E-state index contributed by atoms with van der Waals surface area (Å²) >= 11 is 1.72. The quantitative estimate of drug-likeness (QED) is 0.348. The fraction of sp³-hybridized carbons (Fsp3) is 0.500. The molecule has 0 bridgehead atoms. The number of oxime groups is 1. The molecule has 15 heavy (non-hydrogen) atoms. The highest BCUT2D eigenvalue weighted by molar-refractivity contribution is 7.09. The van der Waals surface area contributed by atoms with Gasteiger partial charge in [0.05, 0.1) is 6.54 Å². The van der Waals surface area contributed by atoms with Crippen molar-refractivity contribution in [3.05, 3.63) is 22.4 Å². The standard InChI is InChI=1S/C10H17N3OS/c1-8(2)13(7-10(11)12-14)6-9-4-3-5-15-9/h3-5,8,14H,6-7H2,1-2H3,(H2,11,12). The van der Waals surface area contributed by atoms with E-state index in [1.54, 1.807) is 11.3 Å². The van der Waals surface area contributed by atoms with Crippen molar-refractivity contribution in [1.29, 1.82) is 0 Å². The predicted octanol–water partition coefficient (Wildman–Crippen LogP) is 1.70. The van der Waals surface area contributed by atoms with Crippen LogP contribution >= 0.6 is 11.3 Å². The fourth-order valence-corrected chi connectivity index (χ4v) is 1.99. The number of rotatable bonds is 5. The molecule has 4 nitrogen and oxygen atoms in total. The number of hydrogen-bond acceptors (Lipinski definition) is 4. The second kappa shape index (κ2) is 5.72. The van der Waals surface area contributed by atoms with Crippen LogP contribution in [0.15, 0.2) is 22.7 Å². The van der Waals surface area contributed by atoms with Gasteiger partial charge in [-0.1, -0.05) is 11.2 Å². The molecule has 0 aliphatic carbocycles. The van der Waals surface area contributed by atoms with Gasteiger partial charge in [0.15, 0.2) is 5.84 Å². The largest absolute Gasteiger partial charge is 0.409 e. The van der Waals surface area contributed by atoms with Gasteiger partial charge in [0.1, 0.15) is 0 Å². The molecule has 0 aromatic carbocycles. The summed E-state index contributed by atoms with van der Waals surface area (Å²) in [6.45, 7) is 5.52. The lowest BCUT2D eigenvalue weighted by Gasteiger charge is -2.24. The normalized spacial score (nSPS) is 12.7. The summed E-state index contributed by atoms with van der Waals surface area (Å²) in [6.07, 6.45) is 0. The molecule has 0 aliphatic heterocycles. The molecule has 0 aliphatic rings. The lowest BCUT2D eigenvalue weighted by Crippen LogP contribution is -2.37.